The molecule has 74 valence electrons. The van der Waals surface area contributed by atoms with Crippen LogP contribution in [-0.4, -0.2) is 0 Å². The number of hydrogen-bond donors (Lipinski definition) is 0. The Bertz CT molecular complexity index is 196. The van der Waals surface area contributed by atoms with Crippen LogP contribution in [0.25, 0.3) is 0 Å². The molecule has 0 saturated heterocycles. The molecule has 0 spiro atoms. The van der Waals surface area contributed by atoms with Gasteiger partial charge in [-0.25, -0.2) is 0 Å². The van der Waals surface area contributed by atoms with E-state index >= 15 is 0 Å². The second-order valence-electron chi connectivity index (χ2n) is 4.58. The number of hydrogen-bond acceptors (Lipinski definition) is 0. The van der Waals surface area contributed by atoms with Gasteiger partial charge in [-0.2, -0.15) is 0 Å². The monoisotopic (exact) mass is 178 g/mol. The zero-order valence-electron chi connectivity index (χ0n) is 9.22. The first-order valence-electron chi connectivity index (χ1n) is 5.55. The molecule has 0 radical (unpaired) electrons. The molecular weight excluding hydrogens is 156 g/mol. The molecule has 1 aliphatic carbocycles. The zero-order valence-corrected chi connectivity index (χ0v) is 9.22. The average molecular weight is 178 g/mol. The molecule has 13 heavy (non-hydrogen) atoms. The number of allylic oxidation sites excluding steroid dienone is 4. The summed E-state index contributed by atoms with van der Waals surface area (Å²) in [6, 6.07) is 0. The van der Waals surface area contributed by atoms with Crippen LogP contribution in [-0.2, 0) is 0 Å². The fourth-order valence-electron chi connectivity index (χ4n) is 1.80. The molecule has 0 amide bonds. The topological polar surface area (TPSA) is 0 Å². The van der Waals surface area contributed by atoms with Gasteiger partial charge in [-0.05, 0) is 31.1 Å². The van der Waals surface area contributed by atoms with Crippen molar-refractivity contribution < 1.29 is 0 Å². The second kappa shape index (κ2) is 5.26. The van der Waals surface area contributed by atoms with E-state index in [-0.39, 0.29) is 0 Å². The summed E-state index contributed by atoms with van der Waals surface area (Å²) >= 11 is 0. The molecule has 0 unspecified atom stereocenters. The van der Waals surface area contributed by atoms with Crippen LogP contribution in [0, 0.1) is 11.8 Å². The molecule has 0 aromatic carbocycles. The Kier molecular flexibility index (Phi) is 4.27. The van der Waals surface area contributed by atoms with Gasteiger partial charge in [0.05, 0.1) is 0 Å². The first-order valence-corrected chi connectivity index (χ1v) is 5.55. The highest BCUT2D eigenvalue weighted by Gasteiger charge is 2.09. The van der Waals surface area contributed by atoms with Crippen LogP contribution in [0.5, 0.6) is 0 Å². The van der Waals surface area contributed by atoms with Crippen molar-refractivity contribution in [3.63, 3.8) is 0 Å². The quantitative estimate of drug-likeness (QED) is 0.601. The van der Waals surface area contributed by atoms with Gasteiger partial charge in [0.25, 0.3) is 0 Å². The highest BCUT2D eigenvalue weighted by atomic mass is 14.1. The normalized spacial score (nSPS) is 18.9. The summed E-state index contributed by atoms with van der Waals surface area (Å²) in [5.74, 6) is 1.65. The van der Waals surface area contributed by atoms with E-state index in [0.717, 1.165) is 11.8 Å². The van der Waals surface area contributed by atoms with Crippen molar-refractivity contribution in [3.8, 4) is 0 Å². The van der Waals surface area contributed by atoms with Crippen molar-refractivity contribution in [1.82, 2.24) is 0 Å². The molecule has 0 aromatic rings. The number of rotatable bonds is 4. The minimum absolute atomic E-state index is 0.798. The lowest BCUT2D eigenvalue weighted by atomic mass is 9.88. The minimum atomic E-state index is 0.798. The predicted octanol–water partition coefficient (Wildman–Crippen LogP) is 4.34. The van der Waals surface area contributed by atoms with Crippen LogP contribution < -0.4 is 0 Å². The summed E-state index contributed by atoms with van der Waals surface area (Å²) in [5.41, 5.74) is 1.66. The zero-order chi connectivity index (χ0) is 9.68. The van der Waals surface area contributed by atoms with E-state index in [1.54, 1.807) is 5.57 Å². The van der Waals surface area contributed by atoms with E-state index in [2.05, 4.69) is 39.0 Å². The Morgan fingerprint density at radius 1 is 1.23 bits per heavy atom. The van der Waals surface area contributed by atoms with Gasteiger partial charge in [0.1, 0.15) is 0 Å². The van der Waals surface area contributed by atoms with Gasteiger partial charge in [0.15, 0.2) is 0 Å². The van der Waals surface area contributed by atoms with Crippen LogP contribution in [0.3, 0.4) is 0 Å². The SMILES string of the molecule is CC(C)CC[C@H](C)C1=CC=CCC1. The van der Waals surface area contributed by atoms with Gasteiger partial charge in [-0.1, -0.05) is 51.0 Å². The summed E-state index contributed by atoms with van der Waals surface area (Å²) in [5, 5.41) is 0. The first kappa shape index (κ1) is 10.6. The predicted molar refractivity (Wildman–Crippen MR) is 59.7 cm³/mol. The molecule has 0 heteroatoms. The highest BCUT2D eigenvalue weighted by Crippen LogP contribution is 2.25. The molecule has 0 bridgehead atoms. The van der Waals surface area contributed by atoms with Gasteiger partial charge in [0.2, 0.25) is 0 Å². The lowest BCUT2D eigenvalue weighted by Crippen LogP contribution is -2.03. The summed E-state index contributed by atoms with van der Waals surface area (Å²) in [6.45, 7) is 6.98. The van der Waals surface area contributed by atoms with Crippen molar-refractivity contribution >= 4 is 0 Å². The maximum absolute atomic E-state index is 2.37. The van der Waals surface area contributed by atoms with Crippen molar-refractivity contribution in [2.45, 2.75) is 46.5 Å². The Morgan fingerprint density at radius 2 is 2.00 bits per heavy atom. The van der Waals surface area contributed by atoms with Crippen molar-refractivity contribution in [2.75, 3.05) is 0 Å². The van der Waals surface area contributed by atoms with Crippen molar-refractivity contribution in [3.05, 3.63) is 23.8 Å². The van der Waals surface area contributed by atoms with Crippen LogP contribution in [0.4, 0.5) is 0 Å². The van der Waals surface area contributed by atoms with Crippen molar-refractivity contribution in [2.24, 2.45) is 11.8 Å². The standard InChI is InChI=1S/C13H22/c1-11(2)9-10-12(3)13-7-5-4-6-8-13/h4-5,7,11-12H,6,8-10H2,1-3H3/t12-/m0/s1. The highest BCUT2D eigenvalue weighted by molar-refractivity contribution is 5.19. The molecule has 0 fully saturated rings. The average Bonchev–Trinajstić information content (AvgIpc) is 2.15. The Labute approximate surface area is 82.7 Å². The van der Waals surface area contributed by atoms with Gasteiger partial charge in [-0.15, -0.1) is 0 Å². The summed E-state index contributed by atoms with van der Waals surface area (Å²) < 4.78 is 0. The second-order valence-corrected chi connectivity index (χ2v) is 4.58. The molecular formula is C13H22. The Morgan fingerprint density at radius 3 is 2.54 bits per heavy atom. The fraction of sp³-hybridized carbons (Fsp3) is 0.692. The molecule has 0 saturated carbocycles. The molecule has 1 rings (SSSR count). The van der Waals surface area contributed by atoms with Crippen molar-refractivity contribution in [1.29, 1.82) is 0 Å². The third-order valence-corrected chi connectivity index (χ3v) is 2.86. The van der Waals surface area contributed by atoms with Crippen LogP contribution >= 0.6 is 0 Å². The largest absolute Gasteiger partial charge is 0.0842 e. The lowest BCUT2D eigenvalue weighted by molar-refractivity contribution is 0.481. The van der Waals surface area contributed by atoms with E-state index in [1.165, 1.54) is 25.7 Å². The minimum Gasteiger partial charge on any atom is -0.0842 e. The molecule has 0 nitrogen and oxygen atoms in total. The van der Waals surface area contributed by atoms with Crippen LogP contribution in [0.1, 0.15) is 46.5 Å². The van der Waals surface area contributed by atoms with Crippen LogP contribution in [0.15, 0.2) is 23.8 Å². The molecule has 1 aliphatic rings. The summed E-state index contributed by atoms with van der Waals surface area (Å²) in [4.78, 5) is 0. The van der Waals surface area contributed by atoms with Gasteiger partial charge in [0, 0.05) is 0 Å². The van der Waals surface area contributed by atoms with E-state index in [4.69, 9.17) is 0 Å². The van der Waals surface area contributed by atoms with Gasteiger partial charge < -0.3 is 0 Å². The molecule has 0 aliphatic heterocycles. The summed E-state index contributed by atoms with van der Waals surface area (Å²) in [7, 11) is 0. The third-order valence-electron chi connectivity index (χ3n) is 2.86. The van der Waals surface area contributed by atoms with E-state index < -0.39 is 0 Å². The summed E-state index contributed by atoms with van der Waals surface area (Å²) in [6.07, 6.45) is 12.0. The van der Waals surface area contributed by atoms with Gasteiger partial charge in [-0.3, -0.25) is 0 Å². The fourth-order valence-corrected chi connectivity index (χ4v) is 1.80. The van der Waals surface area contributed by atoms with E-state index in [1.807, 2.05) is 0 Å². The lowest BCUT2D eigenvalue weighted by Gasteiger charge is -2.18. The molecule has 0 N–H and O–H groups in total. The maximum atomic E-state index is 2.37. The maximum Gasteiger partial charge on any atom is -0.0228 e. The molecule has 0 aromatic heterocycles. The Hall–Kier alpha value is -0.520. The molecule has 1 atom stereocenters. The molecule has 0 heterocycles. The van der Waals surface area contributed by atoms with E-state index in [9.17, 15) is 0 Å². The first-order chi connectivity index (χ1) is 6.20. The van der Waals surface area contributed by atoms with Crippen LogP contribution in [0.2, 0.25) is 0 Å². The Balaban J connectivity index is 2.33. The van der Waals surface area contributed by atoms with Gasteiger partial charge >= 0.3 is 0 Å². The smallest absolute Gasteiger partial charge is 0.0228 e. The van der Waals surface area contributed by atoms with E-state index in [0.29, 0.717) is 0 Å². The third kappa shape index (κ3) is 3.80.